The third-order valence-electron chi connectivity index (χ3n) is 5.72. The third-order valence-corrected chi connectivity index (χ3v) is 6.07. The highest BCUT2D eigenvalue weighted by Gasteiger charge is 2.40. The summed E-state index contributed by atoms with van der Waals surface area (Å²) in [5, 5.41) is 2.33. The van der Waals surface area contributed by atoms with E-state index in [9.17, 15) is 27.6 Å². The predicted octanol–water partition coefficient (Wildman–Crippen LogP) is 5.74. The number of amides is 3. The number of benzene rings is 3. The molecule has 0 spiro atoms. The summed E-state index contributed by atoms with van der Waals surface area (Å²) in [6, 6.07) is 19.8. The highest BCUT2D eigenvalue weighted by molar-refractivity contribution is 6.53. The number of alkyl halides is 3. The molecule has 10 heteroatoms. The number of carbonyl (C=O) groups excluding carboxylic acids is 3. The maximum absolute atomic E-state index is 13.1. The van der Waals surface area contributed by atoms with Gasteiger partial charge in [-0.15, -0.1) is 0 Å². The molecule has 4 rings (SSSR count). The Morgan fingerprint density at radius 3 is 2.24 bits per heavy atom. The van der Waals surface area contributed by atoms with Gasteiger partial charge in [-0.05, 0) is 55.0 Å². The number of hydrogen-bond acceptors (Lipinski definition) is 4. The minimum atomic E-state index is -4.64. The lowest BCUT2D eigenvalue weighted by Gasteiger charge is -2.21. The number of nitrogens with zero attached hydrogens (tertiary/aromatic N) is 2. The van der Waals surface area contributed by atoms with Crippen LogP contribution in [0.15, 0.2) is 89.6 Å². The fourth-order valence-corrected chi connectivity index (χ4v) is 4.11. The van der Waals surface area contributed by atoms with Crippen LogP contribution in [0.1, 0.15) is 18.1 Å². The number of carbonyl (C=O) groups is 3. The average molecular weight is 528 g/mol. The van der Waals surface area contributed by atoms with E-state index in [2.05, 4.69) is 5.32 Å². The van der Waals surface area contributed by atoms with Crippen molar-refractivity contribution < 1.29 is 27.6 Å². The molecule has 3 aromatic carbocycles. The lowest BCUT2D eigenvalue weighted by Crippen LogP contribution is -2.32. The van der Waals surface area contributed by atoms with Crippen LogP contribution >= 0.6 is 11.6 Å². The van der Waals surface area contributed by atoms with Crippen molar-refractivity contribution in [1.82, 2.24) is 0 Å². The highest BCUT2D eigenvalue weighted by atomic mass is 35.5. The quantitative estimate of drug-likeness (QED) is 0.398. The number of para-hydroxylation sites is 1. The van der Waals surface area contributed by atoms with Gasteiger partial charge in [0.1, 0.15) is 10.7 Å². The van der Waals surface area contributed by atoms with Crippen LogP contribution in [0.2, 0.25) is 0 Å². The van der Waals surface area contributed by atoms with Crippen molar-refractivity contribution in [1.29, 1.82) is 0 Å². The Hall–Kier alpha value is -4.11. The molecule has 3 amide bonds. The smallest absolute Gasteiger partial charge is 0.350 e. The zero-order valence-electron chi connectivity index (χ0n) is 19.6. The fraction of sp³-hybridized carbons (Fsp3) is 0.148. The van der Waals surface area contributed by atoms with Crippen LogP contribution in [0, 0.1) is 0 Å². The van der Waals surface area contributed by atoms with Gasteiger partial charge in [-0.2, -0.15) is 13.2 Å². The van der Waals surface area contributed by atoms with E-state index in [0.717, 1.165) is 23.4 Å². The summed E-state index contributed by atoms with van der Waals surface area (Å²) < 4.78 is 39.3. The van der Waals surface area contributed by atoms with Crippen LogP contribution in [-0.4, -0.2) is 24.3 Å². The second kappa shape index (κ2) is 10.5. The number of hydrogen-bond donors (Lipinski definition) is 1. The zero-order valence-corrected chi connectivity index (χ0v) is 20.3. The molecule has 0 unspecified atom stereocenters. The van der Waals surface area contributed by atoms with Crippen molar-refractivity contribution in [2.24, 2.45) is 0 Å². The maximum Gasteiger partial charge on any atom is 0.416 e. The summed E-state index contributed by atoms with van der Waals surface area (Å²) in [5.41, 5.74) is 0.435. The van der Waals surface area contributed by atoms with Gasteiger partial charge in [0, 0.05) is 17.9 Å². The molecule has 0 saturated heterocycles. The number of imide groups is 1. The fourth-order valence-electron chi connectivity index (χ4n) is 3.90. The van der Waals surface area contributed by atoms with E-state index in [0.29, 0.717) is 23.2 Å². The van der Waals surface area contributed by atoms with E-state index in [-0.39, 0.29) is 23.7 Å². The molecule has 1 aliphatic rings. The van der Waals surface area contributed by atoms with Crippen molar-refractivity contribution >= 4 is 46.4 Å². The van der Waals surface area contributed by atoms with Crippen LogP contribution in [0.3, 0.4) is 0 Å². The Labute approximate surface area is 215 Å². The molecule has 1 N–H and O–H groups in total. The molecular weight excluding hydrogens is 507 g/mol. The standard InChI is InChI=1S/C27H21ClF3N3O3/c1-2-33(20-8-4-3-5-9-20)22(35)15-17-11-13-19(14-12-17)32-24-23(28)25(36)34(26(24)37)21-10-6-7-18(16-21)27(29,30)31/h3-14,16,32H,2,15H2,1H3. The summed E-state index contributed by atoms with van der Waals surface area (Å²) in [4.78, 5) is 40.6. The second-order valence-electron chi connectivity index (χ2n) is 8.16. The minimum Gasteiger partial charge on any atom is -0.350 e. The number of halogens is 4. The summed E-state index contributed by atoms with van der Waals surface area (Å²) >= 11 is 6.09. The average Bonchev–Trinajstić information content (AvgIpc) is 3.08. The first-order chi connectivity index (χ1) is 17.6. The lowest BCUT2D eigenvalue weighted by molar-refractivity contribution is -0.137. The van der Waals surface area contributed by atoms with Gasteiger partial charge in [0.15, 0.2) is 0 Å². The second-order valence-corrected chi connectivity index (χ2v) is 8.53. The normalized spacial score (nSPS) is 13.8. The monoisotopic (exact) mass is 527 g/mol. The summed E-state index contributed by atoms with van der Waals surface area (Å²) in [6.45, 7) is 2.39. The molecule has 0 atom stereocenters. The van der Waals surface area contributed by atoms with Gasteiger partial charge in [0.05, 0.1) is 17.7 Å². The Morgan fingerprint density at radius 1 is 0.946 bits per heavy atom. The molecule has 0 aliphatic carbocycles. The Kier molecular flexibility index (Phi) is 7.35. The first-order valence-electron chi connectivity index (χ1n) is 11.3. The molecule has 1 aliphatic heterocycles. The molecule has 37 heavy (non-hydrogen) atoms. The molecule has 1 heterocycles. The third kappa shape index (κ3) is 5.51. The maximum atomic E-state index is 13.1. The predicted molar refractivity (Wildman–Crippen MR) is 135 cm³/mol. The van der Waals surface area contributed by atoms with Gasteiger partial charge in [0.2, 0.25) is 5.91 Å². The van der Waals surface area contributed by atoms with Crippen LogP contribution in [0.5, 0.6) is 0 Å². The molecule has 0 bridgehead atoms. The van der Waals surface area contributed by atoms with Crippen LogP contribution < -0.4 is 15.1 Å². The summed E-state index contributed by atoms with van der Waals surface area (Å²) in [6.07, 6.45) is -4.49. The molecule has 0 aromatic heterocycles. The molecular formula is C27H21ClF3N3O3. The Balaban J connectivity index is 1.47. The van der Waals surface area contributed by atoms with Crippen molar-refractivity contribution in [3.05, 3.63) is 101 Å². The number of likely N-dealkylation sites (N-methyl/N-ethyl adjacent to an activating group) is 1. The van der Waals surface area contributed by atoms with Crippen LogP contribution in [0.4, 0.5) is 30.2 Å². The first kappa shape index (κ1) is 26.0. The van der Waals surface area contributed by atoms with Crippen molar-refractivity contribution in [2.45, 2.75) is 19.5 Å². The SMILES string of the molecule is CCN(C(=O)Cc1ccc(NC2=C(Cl)C(=O)N(c3cccc(C(F)(F)F)c3)C2=O)cc1)c1ccccc1. The minimum absolute atomic E-state index is 0.0894. The highest BCUT2D eigenvalue weighted by Crippen LogP contribution is 2.35. The Morgan fingerprint density at radius 2 is 1.62 bits per heavy atom. The molecule has 3 aromatic rings. The van der Waals surface area contributed by atoms with Crippen LogP contribution in [0.25, 0.3) is 0 Å². The molecule has 0 fully saturated rings. The van der Waals surface area contributed by atoms with Gasteiger partial charge in [-0.1, -0.05) is 48.0 Å². The van der Waals surface area contributed by atoms with Gasteiger partial charge in [0.25, 0.3) is 11.8 Å². The summed E-state index contributed by atoms with van der Waals surface area (Å²) in [7, 11) is 0. The Bertz CT molecular complexity index is 1370. The molecule has 6 nitrogen and oxygen atoms in total. The van der Waals surface area contributed by atoms with E-state index in [1.54, 1.807) is 29.2 Å². The van der Waals surface area contributed by atoms with Crippen LogP contribution in [-0.2, 0) is 27.0 Å². The van der Waals surface area contributed by atoms with E-state index in [1.807, 2.05) is 37.3 Å². The first-order valence-corrected chi connectivity index (χ1v) is 11.6. The number of anilines is 3. The number of nitrogens with one attached hydrogen (secondary N) is 1. The summed E-state index contributed by atoms with van der Waals surface area (Å²) in [5.74, 6) is -1.90. The number of rotatable bonds is 7. The molecule has 0 saturated carbocycles. The van der Waals surface area contributed by atoms with Gasteiger partial charge in [-0.25, -0.2) is 4.90 Å². The van der Waals surface area contributed by atoms with E-state index in [4.69, 9.17) is 11.6 Å². The van der Waals surface area contributed by atoms with Gasteiger partial charge >= 0.3 is 6.18 Å². The molecule has 0 radical (unpaired) electrons. The van der Waals surface area contributed by atoms with E-state index in [1.165, 1.54) is 6.07 Å². The van der Waals surface area contributed by atoms with E-state index < -0.39 is 28.6 Å². The van der Waals surface area contributed by atoms with Gasteiger partial charge in [-0.3, -0.25) is 14.4 Å². The van der Waals surface area contributed by atoms with Crippen molar-refractivity contribution in [2.75, 3.05) is 21.7 Å². The van der Waals surface area contributed by atoms with Crippen molar-refractivity contribution in [3.63, 3.8) is 0 Å². The van der Waals surface area contributed by atoms with E-state index >= 15 is 0 Å². The molecule has 190 valence electrons. The van der Waals surface area contributed by atoms with Crippen molar-refractivity contribution in [3.8, 4) is 0 Å². The largest absolute Gasteiger partial charge is 0.416 e. The lowest BCUT2D eigenvalue weighted by atomic mass is 10.1. The topological polar surface area (TPSA) is 69.7 Å². The zero-order chi connectivity index (χ0) is 26.7. The van der Waals surface area contributed by atoms with Gasteiger partial charge < -0.3 is 10.2 Å².